The summed E-state index contributed by atoms with van der Waals surface area (Å²) in [6.07, 6.45) is 14.0. The molecule has 62 heavy (non-hydrogen) atoms. The first-order valence-electron chi connectivity index (χ1n) is 21.2. The number of thioether (sulfide) groups is 1. The summed E-state index contributed by atoms with van der Waals surface area (Å²) in [5.74, 6) is 2.11. The highest BCUT2D eigenvalue weighted by Gasteiger charge is 2.19. The number of nitrogens with one attached hydrogen (secondary N) is 3. The van der Waals surface area contributed by atoms with Crippen LogP contribution in [0.4, 0.5) is 5.69 Å². The van der Waals surface area contributed by atoms with Crippen LogP contribution >= 0.6 is 11.8 Å². The third-order valence-electron chi connectivity index (χ3n) is 9.32. The molecule has 0 saturated heterocycles. The fraction of sp³-hybridized carbons (Fsp3) is 0.340. The Morgan fingerprint density at radius 3 is 1.71 bits per heavy atom. The van der Waals surface area contributed by atoms with E-state index < -0.39 is 0 Å². The van der Waals surface area contributed by atoms with Crippen molar-refractivity contribution in [2.24, 2.45) is 0 Å². The van der Waals surface area contributed by atoms with Crippen molar-refractivity contribution < 1.29 is 38.0 Å². The largest absolute Gasteiger partial charge is 0.494 e. The van der Waals surface area contributed by atoms with Gasteiger partial charge in [-0.2, -0.15) is 0 Å². The Kier molecular flexibility index (Phi) is 23.0. The zero-order chi connectivity index (χ0) is 44.0. The van der Waals surface area contributed by atoms with Crippen LogP contribution < -0.4 is 29.6 Å². The van der Waals surface area contributed by atoms with Crippen molar-refractivity contribution >= 4 is 35.6 Å². The summed E-state index contributed by atoms with van der Waals surface area (Å²) < 4.78 is 33.6. The van der Waals surface area contributed by atoms with Gasteiger partial charge in [-0.1, -0.05) is 67.4 Å². The lowest BCUT2D eigenvalue weighted by Gasteiger charge is -2.13. The normalized spacial score (nSPS) is 12.3. The molecule has 330 valence electrons. The minimum Gasteiger partial charge on any atom is -0.494 e. The highest BCUT2D eigenvalue weighted by Crippen LogP contribution is 2.36. The molecule has 0 spiro atoms. The Balaban J connectivity index is 0.000000505. The molecule has 4 aromatic rings. The number of rotatable bonds is 29. The molecule has 3 N–H and O–H groups in total. The van der Waals surface area contributed by atoms with E-state index in [4.69, 9.17) is 33.8 Å². The maximum atomic E-state index is 11.0. The zero-order valence-corrected chi connectivity index (χ0v) is 36.5. The van der Waals surface area contributed by atoms with Crippen LogP contribution in [0.15, 0.2) is 134 Å². The Labute approximate surface area is 371 Å². The molecule has 12 heteroatoms. The van der Waals surface area contributed by atoms with Crippen LogP contribution in [0.1, 0.15) is 74.5 Å². The van der Waals surface area contributed by atoms with Crippen LogP contribution in [0, 0.1) is 5.41 Å². The van der Waals surface area contributed by atoms with Crippen molar-refractivity contribution in [3.63, 3.8) is 0 Å². The van der Waals surface area contributed by atoms with Crippen LogP contribution in [0.3, 0.4) is 0 Å². The lowest BCUT2D eigenvalue weighted by Crippen LogP contribution is -2.30. The molecule has 1 atom stereocenters. The summed E-state index contributed by atoms with van der Waals surface area (Å²) in [7, 11) is 0. The van der Waals surface area contributed by atoms with Gasteiger partial charge >= 0.3 is 11.9 Å². The highest BCUT2D eigenvalue weighted by molar-refractivity contribution is 8.00. The topological polar surface area (TPSA) is 137 Å². The number of esters is 2. The predicted molar refractivity (Wildman–Crippen MR) is 249 cm³/mol. The second-order valence-corrected chi connectivity index (χ2v) is 15.3. The second kappa shape index (κ2) is 29.3. The smallest absolute Gasteiger partial charge is 0.330 e. The number of hydrogen-bond donors (Lipinski definition) is 3. The van der Waals surface area contributed by atoms with Gasteiger partial charge in [0.05, 0.1) is 26.4 Å². The van der Waals surface area contributed by atoms with Gasteiger partial charge in [-0.05, 0) is 124 Å². The third-order valence-corrected chi connectivity index (χ3v) is 10.4. The standard InChI is InChI=1S/C39H47NO8.C11H14N2S/c1-3-38(41)45-25-11-7-5-9-23-43-34-17-13-31(14-18-34)29-47-36-21-22-37(33(27-36)28-40)48-30-32-15-19-35(20-16-32)44-24-10-6-8-12-26-46-39(42)4-2;1-2-3-8-12-11-13-9-6-4-5-7-10(9)14-11/h3-4,13-22,27-28,40H,1-2,5-12,23-26,29-30H2;2,4-7,11-13H,1,3,8H2. The highest BCUT2D eigenvalue weighted by atomic mass is 32.2. The molecule has 0 aliphatic carbocycles. The Morgan fingerprint density at radius 2 is 1.18 bits per heavy atom. The molecule has 0 fully saturated rings. The molecular weight excluding hydrogens is 803 g/mol. The molecule has 0 saturated carbocycles. The lowest BCUT2D eigenvalue weighted by molar-refractivity contribution is -0.138. The van der Waals surface area contributed by atoms with E-state index in [1.54, 1.807) is 6.07 Å². The molecule has 4 aromatic carbocycles. The number of carbonyl (C=O) groups excluding carboxylic acids is 2. The van der Waals surface area contributed by atoms with Gasteiger partial charge in [-0.15, -0.1) is 6.58 Å². The fourth-order valence-electron chi connectivity index (χ4n) is 5.91. The zero-order valence-electron chi connectivity index (χ0n) is 35.7. The molecule has 11 nitrogen and oxygen atoms in total. The monoisotopic (exact) mass is 863 g/mol. The van der Waals surface area contributed by atoms with Gasteiger partial charge in [-0.25, -0.2) is 9.59 Å². The van der Waals surface area contributed by atoms with Gasteiger partial charge < -0.3 is 39.1 Å². The number of anilines is 1. The number of ether oxygens (including phenoxy) is 6. The maximum absolute atomic E-state index is 11.0. The van der Waals surface area contributed by atoms with Crippen LogP contribution in [-0.2, 0) is 32.3 Å². The Hall–Kier alpha value is -5.98. The number of benzene rings is 4. The summed E-state index contributed by atoms with van der Waals surface area (Å²) >= 11 is 1.83. The molecule has 1 heterocycles. The van der Waals surface area contributed by atoms with E-state index in [9.17, 15) is 9.59 Å². The maximum Gasteiger partial charge on any atom is 0.330 e. The Morgan fingerprint density at radius 1 is 0.645 bits per heavy atom. The molecule has 0 radical (unpaired) electrons. The fourth-order valence-corrected chi connectivity index (χ4v) is 6.96. The van der Waals surface area contributed by atoms with Crippen molar-refractivity contribution in [2.45, 2.75) is 81.4 Å². The van der Waals surface area contributed by atoms with Crippen LogP contribution in [0.5, 0.6) is 23.0 Å². The van der Waals surface area contributed by atoms with E-state index in [1.807, 2.05) is 78.5 Å². The van der Waals surface area contributed by atoms with Crippen molar-refractivity contribution in [3.05, 3.63) is 146 Å². The minimum absolute atomic E-state index is 0.312. The van der Waals surface area contributed by atoms with E-state index >= 15 is 0 Å². The van der Waals surface area contributed by atoms with Crippen LogP contribution in [0.25, 0.3) is 0 Å². The van der Waals surface area contributed by atoms with Gasteiger partial charge in [0.1, 0.15) is 41.7 Å². The quantitative estimate of drug-likeness (QED) is 0.0158. The molecule has 0 bridgehead atoms. The molecular formula is C50H61N3O8S. The molecule has 1 aliphatic heterocycles. The number of fused-ring (bicyclic) bond motifs is 1. The second-order valence-electron chi connectivity index (χ2n) is 14.1. The number of carbonyl (C=O) groups is 2. The summed E-state index contributed by atoms with van der Waals surface area (Å²) in [4.78, 5) is 23.4. The molecule has 1 aliphatic rings. The van der Waals surface area contributed by atoms with Crippen molar-refractivity contribution in [3.8, 4) is 23.0 Å². The van der Waals surface area contributed by atoms with Crippen molar-refractivity contribution in [2.75, 3.05) is 38.3 Å². The van der Waals surface area contributed by atoms with Gasteiger partial charge in [0.2, 0.25) is 0 Å². The van der Waals surface area contributed by atoms with Crippen LogP contribution in [-0.4, -0.2) is 56.6 Å². The summed E-state index contributed by atoms with van der Waals surface area (Å²) in [5, 5.41) is 14.7. The van der Waals surface area contributed by atoms with Gasteiger partial charge in [-0.3, -0.25) is 5.32 Å². The first-order chi connectivity index (χ1) is 30.4. The first-order valence-corrected chi connectivity index (χ1v) is 22.1. The average Bonchev–Trinajstić information content (AvgIpc) is 3.73. The minimum atomic E-state index is -0.379. The SMILES string of the molecule is C=CC(=O)OCCCCCCOc1ccc(COc2ccc(OCc3ccc(OCCCCCCOC(=O)C=C)cc3)c(C=N)c2)cc1.C=CCCNC1Nc2ccccc2S1. The van der Waals surface area contributed by atoms with Gasteiger partial charge in [0, 0.05) is 41.1 Å². The molecule has 1 unspecified atom stereocenters. The summed E-state index contributed by atoms with van der Waals surface area (Å²) in [6.45, 7) is 14.3. The lowest BCUT2D eigenvalue weighted by atomic mass is 10.2. The molecule has 0 amide bonds. The average molecular weight is 864 g/mol. The first kappa shape index (κ1) is 48.7. The van der Waals surface area contributed by atoms with Gasteiger partial charge in [0.25, 0.3) is 0 Å². The number of para-hydroxylation sites is 1. The predicted octanol–water partition coefficient (Wildman–Crippen LogP) is 10.8. The van der Waals surface area contributed by atoms with Crippen LogP contribution in [0.2, 0.25) is 0 Å². The Bertz CT molecular complexity index is 1950. The van der Waals surface area contributed by atoms with Gasteiger partial charge in [0.15, 0.2) is 0 Å². The van der Waals surface area contributed by atoms with Crippen molar-refractivity contribution in [1.29, 1.82) is 5.41 Å². The van der Waals surface area contributed by atoms with Crippen molar-refractivity contribution in [1.82, 2.24) is 5.32 Å². The number of hydrogen-bond acceptors (Lipinski definition) is 12. The van der Waals surface area contributed by atoms with E-state index in [1.165, 1.54) is 28.9 Å². The van der Waals surface area contributed by atoms with E-state index in [-0.39, 0.29) is 11.9 Å². The van der Waals surface area contributed by atoms with E-state index in [2.05, 4.69) is 54.6 Å². The molecule has 5 rings (SSSR count). The van der Waals surface area contributed by atoms with E-state index in [0.717, 1.165) is 87.0 Å². The van der Waals surface area contributed by atoms with E-state index in [0.29, 0.717) is 62.2 Å². The third kappa shape index (κ3) is 19.2. The summed E-state index contributed by atoms with van der Waals surface area (Å²) in [5.41, 5.74) is 4.17. The number of unbranched alkanes of at least 4 members (excludes halogenated alkanes) is 6. The molecule has 0 aromatic heterocycles. The summed E-state index contributed by atoms with van der Waals surface area (Å²) in [6, 6.07) is 29.4.